The third kappa shape index (κ3) is 2.14. The van der Waals surface area contributed by atoms with Gasteiger partial charge in [0, 0.05) is 6.04 Å². The molecule has 1 aliphatic carbocycles. The van der Waals surface area contributed by atoms with Gasteiger partial charge in [0.25, 0.3) is 0 Å². The van der Waals surface area contributed by atoms with Gasteiger partial charge < -0.3 is 5.32 Å². The second-order valence-corrected chi connectivity index (χ2v) is 5.89. The van der Waals surface area contributed by atoms with Gasteiger partial charge in [0.05, 0.1) is 11.6 Å². The van der Waals surface area contributed by atoms with Gasteiger partial charge in [-0.2, -0.15) is 0 Å². The van der Waals surface area contributed by atoms with Crippen LogP contribution in [0.4, 0.5) is 5.69 Å². The van der Waals surface area contributed by atoms with Crippen molar-refractivity contribution in [2.75, 3.05) is 4.90 Å². The zero-order valence-corrected chi connectivity index (χ0v) is 11.8. The summed E-state index contributed by atoms with van der Waals surface area (Å²) in [5.41, 5.74) is 0.862. The zero-order chi connectivity index (χ0) is 13.4. The highest BCUT2D eigenvalue weighted by Crippen LogP contribution is 2.35. The number of rotatable bonds is 1. The molecule has 1 N–H and O–H groups in total. The summed E-state index contributed by atoms with van der Waals surface area (Å²) >= 11 is 5.39. The number of fused-ring (bicyclic) bond motifs is 1. The van der Waals surface area contributed by atoms with Crippen molar-refractivity contribution >= 4 is 28.9 Å². The molecule has 19 heavy (non-hydrogen) atoms. The fraction of sp³-hybridized carbons (Fsp3) is 0.467. The number of amides is 1. The minimum absolute atomic E-state index is 0.0562. The second-order valence-electron chi connectivity index (χ2n) is 5.50. The molecule has 1 saturated carbocycles. The molecule has 1 amide bonds. The number of anilines is 1. The van der Waals surface area contributed by atoms with Crippen LogP contribution in [0.25, 0.3) is 0 Å². The third-order valence-electron chi connectivity index (χ3n) is 4.25. The molecule has 3 atom stereocenters. The number of nitrogens with zero attached hydrogens (tertiary/aromatic N) is 1. The van der Waals surface area contributed by atoms with Gasteiger partial charge in [-0.3, -0.25) is 9.69 Å². The van der Waals surface area contributed by atoms with E-state index in [1.807, 2.05) is 30.3 Å². The van der Waals surface area contributed by atoms with Crippen LogP contribution >= 0.6 is 12.2 Å². The van der Waals surface area contributed by atoms with E-state index < -0.39 is 0 Å². The highest BCUT2D eigenvalue weighted by Gasteiger charge is 2.44. The average Bonchev–Trinajstić information content (AvgIpc) is 2.39. The van der Waals surface area contributed by atoms with Crippen molar-refractivity contribution in [2.45, 2.75) is 32.2 Å². The summed E-state index contributed by atoms with van der Waals surface area (Å²) < 4.78 is 0. The molecule has 0 spiro atoms. The Morgan fingerprint density at radius 3 is 2.74 bits per heavy atom. The van der Waals surface area contributed by atoms with Gasteiger partial charge in [0.15, 0.2) is 5.11 Å². The summed E-state index contributed by atoms with van der Waals surface area (Å²) in [5, 5.41) is 3.91. The fourth-order valence-corrected chi connectivity index (χ4v) is 3.63. The molecule has 2 aliphatic rings. The van der Waals surface area contributed by atoms with Gasteiger partial charge in [0.1, 0.15) is 0 Å². The first-order chi connectivity index (χ1) is 9.18. The summed E-state index contributed by atoms with van der Waals surface area (Å²) in [5.74, 6) is 0.640. The molecule has 2 fully saturated rings. The maximum atomic E-state index is 12.8. The lowest BCUT2D eigenvalue weighted by Crippen LogP contribution is -2.62. The predicted molar refractivity (Wildman–Crippen MR) is 80.0 cm³/mol. The molecule has 0 bridgehead atoms. The van der Waals surface area contributed by atoms with Gasteiger partial charge >= 0.3 is 0 Å². The molecule has 1 saturated heterocycles. The molecule has 1 heterocycles. The van der Waals surface area contributed by atoms with E-state index in [2.05, 4.69) is 12.2 Å². The topological polar surface area (TPSA) is 32.3 Å². The van der Waals surface area contributed by atoms with Gasteiger partial charge in [-0.15, -0.1) is 0 Å². The van der Waals surface area contributed by atoms with E-state index >= 15 is 0 Å². The molecular formula is C15H18N2OS. The van der Waals surface area contributed by atoms with Crippen LogP contribution in [0.3, 0.4) is 0 Å². The van der Waals surface area contributed by atoms with Crippen LogP contribution in [-0.2, 0) is 4.79 Å². The molecule has 3 nitrogen and oxygen atoms in total. The minimum atomic E-state index is 0.0562. The monoisotopic (exact) mass is 274 g/mol. The maximum absolute atomic E-state index is 12.8. The van der Waals surface area contributed by atoms with Gasteiger partial charge in [0.2, 0.25) is 5.91 Å². The molecule has 0 radical (unpaired) electrons. The van der Waals surface area contributed by atoms with Crippen molar-refractivity contribution in [2.24, 2.45) is 11.8 Å². The van der Waals surface area contributed by atoms with E-state index in [1.54, 1.807) is 4.90 Å². The maximum Gasteiger partial charge on any atom is 0.238 e. The zero-order valence-electron chi connectivity index (χ0n) is 11.0. The van der Waals surface area contributed by atoms with Gasteiger partial charge in [-0.05, 0) is 43.1 Å². The van der Waals surface area contributed by atoms with Gasteiger partial charge in [-0.25, -0.2) is 0 Å². The van der Waals surface area contributed by atoms with E-state index in [0.29, 0.717) is 11.0 Å². The summed E-state index contributed by atoms with van der Waals surface area (Å²) in [7, 11) is 0. The molecule has 0 aromatic heterocycles. The van der Waals surface area contributed by atoms with Crippen molar-refractivity contribution in [1.29, 1.82) is 0 Å². The number of hydrogen-bond donors (Lipinski definition) is 1. The van der Waals surface area contributed by atoms with E-state index in [9.17, 15) is 4.79 Å². The molecule has 3 unspecified atom stereocenters. The number of carbonyl (C=O) groups excluding carboxylic acids is 1. The van der Waals surface area contributed by atoms with Crippen LogP contribution in [-0.4, -0.2) is 17.1 Å². The Kier molecular flexibility index (Phi) is 3.27. The first kappa shape index (κ1) is 12.6. The molecule has 1 aromatic rings. The Morgan fingerprint density at radius 2 is 2.00 bits per heavy atom. The first-order valence-corrected chi connectivity index (χ1v) is 7.29. The number of carbonyl (C=O) groups is 1. The minimum Gasteiger partial charge on any atom is -0.358 e. The third-order valence-corrected chi connectivity index (χ3v) is 4.55. The van der Waals surface area contributed by atoms with E-state index in [0.717, 1.165) is 18.5 Å². The van der Waals surface area contributed by atoms with E-state index in [1.165, 1.54) is 6.42 Å². The van der Waals surface area contributed by atoms with Crippen LogP contribution in [0, 0.1) is 11.8 Å². The van der Waals surface area contributed by atoms with E-state index in [-0.39, 0.29) is 17.9 Å². The quantitative estimate of drug-likeness (QED) is 0.799. The Morgan fingerprint density at radius 1 is 1.26 bits per heavy atom. The standard InChI is InChI=1S/C15H18N2OS/c1-10-6-5-9-12-13(10)14(18)17(15(19)16-12)11-7-3-2-4-8-11/h2-4,7-8,10,12-13H,5-6,9H2,1H3,(H,16,19). The van der Waals surface area contributed by atoms with Crippen LogP contribution in [0.1, 0.15) is 26.2 Å². The van der Waals surface area contributed by atoms with Crippen molar-refractivity contribution in [3.05, 3.63) is 30.3 Å². The molecule has 3 rings (SSSR count). The summed E-state index contributed by atoms with van der Waals surface area (Å²) in [6.07, 6.45) is 3.35. The lowest BCUT2D eigenvalue weighted by atomic mass is 9.75. The molecule has 1 aliphatic heterocycles. The Hall–Kier alpha value is -1.42. The summed E-state index contributed by atoms with van der Waals surface area (Å²) in [6.45, 7) is 2.17. The number of nitrogens with one attached hydrogen (secondary N) is 1. The Bertz CT molecular complexity index is 502. The largest absolute Gasteiger partial charge is 0.358 e. The average molecular weight is 274 g/mol. The number of benzene rings is 1. The lowest BCUT2D eigenvalue weighted by molar-refractivity contribution is -0.125. The van der Waals surface area contributed by atoms with E-state index in [4.69, 9.17) is 12.2 Å². The molecule has 1 aromatic carbocycles. The number of para-hydroxylation sites is 1. The predicted octanol–water partition coefficient (Wildman–Crippen LogP) is 2.71. The molecular weight excluding hydrogens is 256 g/mol. The first-order valence-electron chi connectivity index (χ1n) is 6.88. The normalized spacial score (nSPS) is 30.8. The lowest BCUT2D eigenvalue weighted by Gasteiger charge is -2.44. The fourth-order valence-electron chi connectivity index (χ4n) is 3.29. The SMILES string of the molecule is CC1CCCC2NC(=S)N(c3ccccc3)C(=O)C12. The molecule has 100 valence electrons. The van der Waals surface area contributed by atoms with Crippen LogP contribution < -0.4 is 10.2 Å². The van der Waals surface area contributed by atoms with Crippen molar-refractivity contribution < 1.29 is 4.79 Å². The van der Waals surface area contributed by atoms with Crippen molar-refractivity contribution in [3.8, 4) is 0 Å². The number of hydrogen-bond acceptors (Lipinski definition) is 2. The summed E-state index contributed by atoms with van der Waals surface area (Å²) in [6, 6.07) is 9.90. The van der Waals surface area contributed by atoms with Gasteiger partial charge in [-0.1, -0.05) is 31.5 Å². The highest BCUT2D eigenvalue weighted by molar-refractivity contribution is 7.80. The highest BCUT2D eigenvalue weighted by atomic mass is 32.1. The van der Waals surface area contributed by atoms with Crippen LogP contribution in [0.5, 0.6) is 0 Å². The van der Waals surface area contributed by atoms with Crippen LogP contribution in [0.15, 0.2) is 30.3 Å². The molecule has 4 heteroatoms. The smallest absolute Gasteiger partial charge is 0.238 e. The second kappa shape index (κ2) is 4.93. The van der Waals surface area contributed by atoms with Crippen LogP contribution in [0.2, 0.25) is 0 Å². The summed E-state index contributed by atoms with van der Waals surface area (Å²) in [4.78, 5) is 14.4. The number of thiocarbonyl (C=S) groups is 1. The van der Waals surface area contributed by atoms with Crippen molar-refractivity contribution in [3.63, 3.8) is 0 Å². The Labute approximate surface area is 119 Å². The Balaban J connectivity index is 1.94. The van der Waals surface area contributed by atoms with Crippen molar-refractivity contribution in [1.82, 2.24) is 5.32 Å².